The maximum atomic E-state index is 14.9. The summed E-state index contributed by atoms with van der Waals surface area (Å²) in [6.45, 7) is 7.77. The Labute approximate surface area is 155 Å². The summed E-state index contributed by atoms with van der Waals surface area (Å²) in [5.74, 6) is 0. The number of benzene rings is 1. The second-order valence-corrected chi connectivity index (χ2v) is 8.86. The van der Waals surface area contributed by atoms with Crippen LogP contribution in [0.5, 0.6) is 0 Å². The maximum absolute atomic E-state index is 14.9. The van der Waals surface area contributed by atoms with Gasteiger partial charge in [0.2, 0.25) is 0 Å². The maximum Gasteiger partial charge on any atom is 0.525 e. The van der Waals surface area contributed by atoms with Gasteiger partial charge >= 0.3 is 7.12 Å². The Morgan fingerprint density at radius 3 is 2.28 bits per heavy atom. The van der Waals surface area contributed by atoms with E-state index in [-0.39, 0.29) is 5.73 Å². The van der Waals surface area contributed by atoms with Gasteiger partial charge in [0.15, 0.2) is 0 Å². The van der Waals surface area contributed by atoms with Crippen LogP contribution in [0.3, 0.4) is 0 Å². The van der Waals surface area contributed by atoms with E-state index in [0.717, 1.165) is 31.3 Å². The highest BCUT2D eigenvalue weighted by molar-refractivity contribution is 8.03. The Hall–Kier alpha value is -1.04. The van der Waals surface area contributed by atoms with Gasteiger partial charge in [0.25, 0.3) is 0 Å². The molecule has 1 aliphatic carbocycles. The molecule has 0 bridgehead atoms. The van der Waals surface area contributed by atoms with Crippen LogP contribution in [0.25, 0.3) is 0 Å². The minimum Gasteiger partial charge on any atom is -0.398 e. The van der Waals surface area contributed by atoms with Crippen LogP contribution in [0.1, 0.15) is 53.4 Å². The summed E-state index contributed by atoms with van der Waals surface area (Å²) >= 11 is 1.74. The van der Waals surface area contributed by atoms with Gasteiger partial charge in [-0.1, -0.05) is 30.0 Å². The summed E-state index contributed by atoms with van der Waals surface area (Å²) in [5.41, 5.74) is -0.300. The van der Waals surface area contributed by atoms with Gasteiger partial charge in [-0.2, -0.15) is 0 Å². The Morgan fingerprint density at radius 1 is 1.04 bits per heavy atom. The molecule has 0 spiro atoms. The van der Waals surface area contributed by atoms with Crippen LogP contribution in [0, 0.1) is 0 Å². The molecule has 134 valence electrons. The zero-order chi connectivity index (χ0) is 18.1. The van der Waals surface area contributed by atoms with Gasteiger partial charge in [0.05, 0.1) is 11.2 Å². The number of allylic oxidation sites excluding steroid dienone is 3. The van der Waals surface area contributed by atoms with Crippen LogP contribution in [-0.4, -0.2) is 18.3 Å². The van der Waals surface area contributed by atoms with Gasteiger partial charge in [0.1, 0.15) is 5.73 Å². The van der Waals surface area contributed by atoms with E-state index < -0.39 is 18.3 Å². The lowest BCUT2D eigenvalue weighted by Gasteiger charge is -2.32. The van der Waals surface area contributed by atoms with E-state index in [1.54, 1.807) is 17.8 Å². The summed E-state index contributed by atoms with van der Waals surface area (Å²) in [6.07, 6.45) is 5.81. The first kappa shape index (κ1) is 18.7. The molecule has 2 nitrogen and oxygen atoms in total. The molecule has 1 heterocycles. The van der Waals surface area contributed by atoms with Crippen molar-refractivity contribution in [1.82, 2.24) is 0 Å². The molecule has 1 fully saturated rings. The van der Waals surface area contributed by atoms with Gasteiger partial charge in [0, 0.05) is 4.90 Å². The van der Waals surface area contributed by atoms with Crippen molar-refractivity contribution < 1.29 is 13.7 Å². The Balaban J connectivity index is 1.81. The van der Waals surface area contributed by atoms with Crippen molar-refractivity contribution in [3.63, 3.8) is 0 Å². The average molecular weight is 360 g/mol. The van der Waals surface area contributed by atoms with Crippen molar-refractivity contribution >= 4 is 18.9 Å². The smallest absolute Gasteiger partial charge is 0.398 e. The minimum atomic E-state index is -0.914. The Kier molecular flexibility index (Phi) is 5.47. The van der Waals surface area contributed by atoms with E-state index in [1.165, 1.54) is 9.80 Å². The fourth-order valence-corrected chi connectivity index (χ4v) is 4.11. The summed E-state index contributed by atoms with van der Waals surface area (Å²) < 4.78 is 26.5. The molecule has 0 amide bonds. The Morgan fingerprint density at radius 2 is 1.64 bits per heavy atom. The number of halogens is 1. The highest BCUT2D eigenvalue weighted by Crippen LogP contribution is 2.41. The van der Waals surface area contributed by atoms with Gasteiger partial charge in [-0.05, 0) is 82.1 Å². The molecule has 2 aliphatic rings. The molecular weight excluding hydrogens is 334 g/mol. The first-order valence-corrected chi connectivity index (χ1v) is 9.78. The van der Waals surface area contributed by atoms with E-state index in [1.807, 2.05) is 45.9 Å². The summed E-state index contributed by atoms with van der Waals surface area (Å²) in [4.78, 5) is 2.45. The van der Waals surface area contributed by atoms with Crippen LogP contribution >= 0.6 is 11.8 Å². The number of hydrogen-bond donors (Lipinski definition) is 0. The fraction of sp³-hybridized carbons (Fsp3) is 0.500. The molecule has 25 heavy (non-hydrogen) atoms. The van der Waals surface area contributed by atoms with E-state index in [2.05, 4.69) is 12.1 Å². The van der Waals surface area contributed by atoms with Gasteiger partial charge < -0.3 is 9.31 Å². The highest BCUT2D eigenvalue weighted by atomic mass is 32.2. The molecule has 5 heteroatoms. The third-order valence-corrected chi connectivity index (χ3v) is 6.45. The third kappa shape index (κ3) is 4.21. The lowest BCUT2D eigenvalue weighted by Crippen LogP contribution is -2.41. The first-order valence-electron chi connectivity index (χ1n) is 8.96. The molecule has 0 unspecified atom stereocenters. The van der Waals surface area contributed by atoms with Crippen LogP contribution in [-0.2, 0) is 9.31 Å². The normalized spacial score (nSPS) is 23.2. The highest BCUT2D eigenvalue weighted by Gasteiger charge is 2.53. The number of hydrogen-bond acceptors (Lipinski definition) is 3. The van der Waals surface area contributed by atoms with Crippen LogP contribution in [0.15, 0.2) is 57.5 Å². The van der Waals surface area contributed by atoms with E-state index in [0.29, 0.717) is 0 Å². The largest absolute Gasteiger partial charge is 0.525 e. The molecule has 0 aromatic heterocycles. The van der Waals surface area contributed by atoms with Crippen molar-refractivity contribution in [2.24, 2.45) is 0 Å². The zero-order valence-corrected chi connectivity index (χ0v) is 16.3. The van der Waals surface area contributed by atoms with E-state index in [4.69, 9.17) is 9.31 Å². The average Bonchev–Trinajstić information content (AvgIpc) is 2.78. The summed E-state index contributed by atoms with van der Waals surface area (Å²) in [5, 5.41) is 0. The zero-order valence-electron chi connectivity index (χ0n) is 15.5. The van der Waals surface area contributed by atoms with Crippen LogP contribution in [0.4, 0.5) is 4.39 Å². The quantitative estimate of drug-likeness (QED) is 0.605. The molecular formula is C20H26BFO2S. The fourth-order valence-electron chi connectivity index (χ4n) is 2.99. The van der Waals surface area contributed by atoms with Gasteiger partial charge in [-0.3, -0.25) is 0 Å². The predicted molar refractivity (Wildman–Crippen MR) is 103 cm³/mol. The van der Waals surface area contributed by atoms with Crippen molar-refractivity contribution in [2.75, 3.05) is 0 Å². The van der Waals surface area contributed by atoms with E-state index >= 15 is 0 Å². The molecule has 1 aliphatic heterocycles. The topological polar surface area (TPSA) is 18.5 Å². The predicted octanol–water partition coefficient (Wildman–Crippen LogP) is 6.09. The van der Waals surface area contributed by atoms with Gasteiger partial charge in [-0.15, -0.1) is 0 Å². The van der Waals surface area contributed by atoms with Crippen molar-refractivity contribution in [2.45, 2.75) is 69.5 Å². The Bertz CT molecular complexity index is 666. The van der Waals surface area contributed by atoms with Gasteiger partial charge in [-0.25, -0.2) is 4.39 Å². The first-order chi connectivity index (χ1) is 11.8. The molecule has 0 saturated carbocycles. The number of thioether (sulfide) groups is 1. The number of rotatable bonds is 4. The minimum absolute atomic E-state index is 0.332. The van der Waals surface area contributed by atoms with Crippen molar-refractivity contribution in [3.8, 4) is 0 Å². The second-order valence-electron chi connectivity index (χ2n) is 7.69. The molecule has 1 aromatic rings. The molecule has 1 saturated heterocycles. The summed E-state index contributed by atoms with van der Waals surface area (Å²) in [6, 6.07) is 10.3. The molecule has 0 radical (unpaired) electrons. The van der Waals surface area contributed by atoms with Crippen molar-refractivity contribution in [1.29, 1.82) is 0 Å². The monoisotopic (exact) mass is 360 g/mol. The molecule has 0 N–H and O–H groups in total. The standard InChI is InChI=1S/C20H26BFO2S/c1-19(2)20(3,4)24-21(23-19)18(22)14-15-10-8-9-13-17(15)25-16-11-6-5-7-12-16/h5-7,11-12,14H,8-10,13H2,1-4H3. The molecule has 1 aromatic carbocycles. The van der Waals surface area contributed by atoms with E-state index in [9.17, 15) is 4.39 Å². The van der Waals surface area contributed by atoms with Crippen LogP contribution < -0.4 is 0 Å². The SMILES string of the molecule is CC1(C)OB(C(F)=CC2=C(Sc3ccccc3)CCCC2)OC1(C)C. The molecule has 0 atom stereocenters. The molecule has 3 rings (SSSR count). The van der Waals surface area contributed by atoms with Crippen LogP contribution in [0.2, 0.25) is 0 Å². The lowest BCUT2D eigenvalue weighted by atomic mass is 9.85. The summed E-state index contributed by atoms with van der Waals surface area (Å²) in [7, 11) is -0.914. The lowest BCUT2D eigenvalue weighted by molar-refractivity contribution is 0.00578. The second kappa shape index (κ2) is 7.30. The van der Waals surface area contributed by atoms with Crippen molar-refractivity contribution in [3.05, 3.63) is 52.6 Å². The third-order valence-electron chi connectivity index (χ3n) is 5.23.